The van der Waals surface area contributed by atoms with Gasteiger partial charge >= 0.3 is 0 Å². The zero-order chi connectivity index (χ0) is 31.6. The number of rotatable bonds is 9. The summed E-state index contributed by atoms with van der Waals surface area (Å²) in [5, 5.41) is 14.6. The third-order valence-corrected chi connectivity index (χ3v) is 8.42. The van der Waals surface area contributed by atoms with Crippen LogP contribution in [0, 0.1) is 11.7 Å². The summed E-state index contributed by atoms with van der Waals surface area (Å²) in [7, 11) is 3.99. The van der Waals surface area contributed by atoms with Gasteiger partial charge in [-0.2, -0.15) is 5.10 Å². The molecule has 12 heteroatoms. The molecule has 5 aromatic heterocycles. The average Bonchev–Trinajstić information content (AvgIpc) is 3.69. The molecule has 0 unspecified atom stereocenters. The second kappa shape index (κ2) is 12.6. The topological polar surface area (TPSA) is 140 Å². The number of hydrogen-bond donors (Lipinski definition) is 4. The van der Waals surface area contributed by atoms with E-state index in [1.54, 1.807) is 24.8 Å². The summed E-state index contributed by atoms with van der Waals surface area (Å²) in [5.41, 5.74) is 6.72. The van der Waals surface area contributed by atoms with Gasteiger partial charge in [-0.1, -0.05) is 19.3 Å². The first-order chi connectivity index (χ1) is 22.4. The Hall–Kier alpha value is -5.23. The first-order valence-electron chi connectivity index (χ1n) is 15.6. The number of likely N-dealkylation sites (N-methyl/N-ethyl adjacent to an activating group) is 1. The van der Waals surface area contributed by atoms with Gasteiger partial charge < -0.3 is 20.5 Å². The summed E-state index contributed by atoms with van der Waals surface area (Å²) in [4.78, 5) is 36.7. The van der Waals surface area contributed by atoms with Gasteiger partial charge in [0.15, 0.2) is 11.5 Å². The minimum Gasteiger partial charge on any atom is -0.384 e. The molecule has 7 rings (SSSR count). The predicted molar refractivity (Wildman–Crippen MR) is 178 cm³/mol. The maximum atomic E-state index is 14.7. The number of carbonyl (C=O) groups excluding carboxylic acids is 1. The third-order valence-electron chi connectivity index (χ3n) is 8.42. The van der Waals surface area contributed by atoms with Crippen LogP contribution in [0.5, 0.6) is 0 Å². The maximum Gasteiger partial charge on any atom is 0.227 e. The van der Waals surface area contributed by atoms with Crippen molar-refractivity contribution in [1.29, 1.82) is 0 Å². The van der Waals surface area contributed by atoms with Crippen LogP contribution in [-0.4, -0.2) is 73.1 Å². The second-order valence-corrected chi connectivity index (χ2v) is 12.1. The van der Waals surface area contributed by atoms with E-state index in [2.05, 4.69) is 45.7 Å². The second-order valence-electron chi connectivity index (χ2n) is 12.1. The van der Waals surface area contributed by atoms with E-state index in [0.717, 1.165) is 54.3 Å². The molecular weight excluding hydrogens is 583 g/mol. The molecule has 1 fully saturated rings. The lowest BCUT2D eigenvalue weighted by molar-refractivity contribution is -0.120. The molecule has 1 aliphatic rings. The Kier molecular flexibility index (Phi) is 8.10. The van der Waals surface area contributed by atoms with Gasteiger partial charge in [-0.15, -0.1) is 0 Å². The maximum absolute atomic E-state index is 14.7. The number of halogens is 1. The Morgan fingerprint density at radius 1 is 0.978 bits per heavy atom. The molecule has 0 atom stereocenters. The molecule has 234 valence electrons. The fraction of sp³-hybridized carbons (Fsp3) is 0.294. The van der Waals surface area contributed by atoms with Crippen molar-refractivity contribution < 1.29 is 9.18 Å². The minimum absolute atomic E-state index is 0.0520. The van der Waals surface area contributed by atoms with Gasteiger partial charge in [-0.05, 0) is 63.3 Å². The van der Waals surface area contributed by atoms with Crippen molar-refractivity contribution in [1.82, 2.24) is 40.0 Å². The van der Waals surface area contributed by atoms with E-state index < -0.39 is 0 Å². The first kappa shape index (κ1) is 29.5. The molecular formula is C34H35FN10O. The molecule has 0 aliphatic heterocycles. The molecule has 0 spiro atoms. The molecule has 46 heavy (non-hydrogen) atoms. The number of aromatic amines is 2. The fourth-order valence-electron chi connectivity index (χ4n) is 6.03. The summed E-state index contributed by atoms with van der Waals surface area (Å²) < 4.78 is 14.7. The lowest BCUT2D eigenvalue weighted by Crippen LogP contribution is -2.24. The Morgan fingerprint density at radius 3 is 2.65 bits per heavy atom. The molecule has 5 heterocycles. The van der Waals surface area contributed by atoms with Crippen LogP contribution in [0.25, 0.3) is 56.0 Å². The number of pyridine rings is 3. The van der Waals surface area contributed by atoms with E-state index in [-0.39, 0.29) is 17.6 Å². The Balaban J connectivity index is 1.19. The summed E-state index contributed by atoms with van der Waals surface area (Å²) in [5.74, 6) is 0.303. The van der Waals surface area contributed by atoms with Crippen molar-refractivity contribution in [3.8, 4) is 33.9 Å². The number of nitrogens with one attached hydrogen (secondary N) is 4. The van der Waals surface area contributed by atoms with E-state index in [1.807, 2.05) is 38.4 Å². The molecule has 0 radical (unpaired) electrons. The van der Waals surface area contributed by atoms with Gasteiger partial charge in [0.1, 0.15) is 17.0 Å². The highest BCUT2D eigenvalue weighted by Crippen LogP contribution is 2.33. The van der Waals surface area contributed by atoms with Crippen LogP contribution in [0.1, 0.15) is 32.1 Å². The number of anilines is 2. The zero-order valence-electron chi connectivity index (χ0n) is 25.8. The molecule has 4 N–H and O–H groups in total. The quantitative estimate of drug-likeness (QED) is 0.149. The monoisotopic (exact) mass is 618 g/mol. The van der Waals surface area contributed by atoms with Gasteiger partial charge in [0.25, 0.3) is 0 Å². The summed E-state index contributed by atoms with van der Waals surface area (Å²) in [6.07, 6.45) is 12.1. The number of benzene rings is 1. The summed E-state index contributed by atoms with van der Waals surface area (Å²) in [6, 6.07) is 10.6. The van der Waals surface area contributed by atoms with Crippen molar-refractivity contribution in [2.45, 2.75) is 32.1 Å². The standard InChI is InChI=1S/C34H35FN10O/c1-45(2)11-10-37-25-13-21(12-24(35)16-25)29-31-28(8-9-38-29)41-33(42-31)30-27-15-23(18-39-32(27)44-43-30)22-14-26(19-36-17-22)40-34(46)20-6-4-3-5-7-20/h8-9,12-20,37H,3-7,10-11H2,1-2H3,(H,40,46)(H,41,42)(H,39,43,44). The number of aromatic nitrogens is 7. The van der Waals surface area contributed by atoms with Gasteiger partial charge in [0, 0.05) is 60.0 Å². The fourth-order valence-corrected chi connectivity index (χ4v) is 6.03. The van der Waals surface area contributed by atoms with Crippen molar-refractivity contribution in [3.05, 3.63) is 67.0 Å². The Bertz CT molecular complexity index is 2030. The predicted octanol–water partition coefficient (Wildman–Crippen LogP) is 6.26. The van der Waals surface area contributed by atoms with Crippen molar-refractivity contribution in [2.75, 3.05) is 37.8 Å². The minimum atomic E-state index is -0.357. The first-order valence-corrected chi connectivity index (χ1v) is 15.6. The van der Waals surface area contributed by atoms with E-state index in [1.165, 1.54) is 18.6 Å². The highest BCUT2D eigenvalue weighted by Gasteiger charge is 2.22. The van der Waals surface area contributed by atoms with Crippen LogP contribution in [0.15, 0.2) is 61.2 Å². The SMILES string of the molecule is CN(C)CCNc1cc(F)cc(-c2nccc3[nH]c(-c4[nH]nc5ncc(-c6cncc(NC(=O)C7CCCCC7)c6)cc45)nc23)c1. The summed E-state index contributed by atoms with van der Waals surface area (Å²) >= 11 is 0. The molecule has 11 nitrogen and oxygen atoms in total. The van der Waals surface area contributed by atoms with Crippen molar-refractivity contribution in [3.63, 3.8) is 0 Å². The van der Waals surface area contributed by atoms with Crippen molar-refractivity contribution >= 4 is 39.3 Å². The van der Waals surface area contributed by atoms with E-state index >= 15 is 0 Å². The normalized spacial score (nSPS) is 13.9. The van der Waals surface area contributed by atoms with Crippen LogP contribution in [0.2, 0.25) is 0 Å². The summed E-state index contributed by atoms with van der Waals surface area (Å²) in [6.45, 7) is 1.49. The molecule has 0 saturated heterocycles. The van der Waals surface area contributed by atoms with E-state index in [9.17, 15) is 9.18 Å². The molecule has 1 saturated carbocycles. The van der Waals surface area contributed by atoms with E-state index in [4.69, 9.17) is 4.98 Å². The Morgan fingerprint density at radius 2 is 1.80 bits per heavy atom. The van der Waals surface area contributed by atoms with Crippen LogP contribution >= 0.6 is 0 Å². The lowest BCUT2D eigenvalue weighted by Gasteiger charge is -2.20. The number of fused-ring (bicyclic) bond motifs is 2. The number of nitrogens with zero attached hydrogens (tertiary/aromatic N) is 6. The van der Waals surface area contributed by atoms with Gasteiger partial charge in [0.2, 0.25) is 5.91 Å². The van der Waals surface area contributed by atoms with Crippen LogP contribution < -0.4 is 10.6 Å². The number of H-pyrrole nitrogens is 2. The average molecular weight is 619 g/mol. The molecule has 1 aliphatic carbocycles. The van der Waals surface area contributed by atoms with Crippen molar-refractivity contribution in [2.24, 2.45) is 5.92 Å². The molecule has 1 amide bonds. The van der Waals surface area contributed by atoms with Crippen LogP contribution in [0.4, 0.5) is 15.8 Å². The van der Waals surface area contributed by atoms with Gasteiger partial charge in [0.05, 0.1) is 28.5 Å². The Labute approximate surface area is 265 Å². The number of hydrogen-bond acceptors (Lipinski definition) is 8. The largest absolute Gasteiger partial charge is 0.384 e. The van der Waals surface area contributed by atoms with E-state index in [0.29, 0.717) is 51.9 Å². The number of imidazole rings is 1. The van der Waals surface area contributed by atoms with Gasteiger partial charge in [-0.25, -0.2) is 14.4 Å². The zero-order valence-corrected chi connectivity index (χ0v) is 25.8. The number of amides is 1. The smallest absolute Gasteiger partial charge is 0.227 e. The number of carbonyl (C=O) groups is 1. The highest BCUT2D eigenvalue weighted by atomic mass is 19.1. The molecule has 6 aromatic rings. The third kappa shape index (κ3) is 6.16. The highest BCUT2D eigenvalue weighted by molar-refractivity contribution is 5.97. The van der Waals surface area contributed by atoms with Crippen LogP contribution in [0.3, 0.4) is 0 Å². The lowest BCUT2D eigenvalue weighted by atomic mass is 9.88. The van der Waals surface area contributed by atoms with Gasteiger partial charge in [-0.3, -0.25) is 19.9 Å². The molecule has 0 bridgehead atoms. The van der Waals surface area contributed by atoms with Crippen LogP contribution in [-0.2, 0) is 4.79 Å². The molecule has 1 aromatic carbocycles.